The second kappa shape index (κ2) is 3.35. The van der Waals surface area contributed by atoms with Gasteiger partial charge in [-0.3, -0.25) is 0 Å². The van der Waals surface area contributed by atoms with Crippen LogP contribution in [0.5, 0.6) is 0 Å². The summed E-state index contributed by atoms with van der Waals surface area (Å²) in [7, 11) is 1.30. The third-order valence-electron chi connectivity index (χ3n) is 1.56. The van der Waals surface area contributed by atoms with E-state index in [0.717, 1.165) is 5.57 Å². The van der Waals surface area contributed by atoms with E-state index in [1.165, 1.54) is 0 Å². The smallest absolute Gasteiger partial charge is 0.147 e. The number of halogens is 1. The molecule has 1 aromatic heterocycles. The molecule has 1 unspecified atom stereocenters. The quantitative estimate of drug-likeness (QED) is 0.643. The normalized spacial score (nSPS) is 14.8. The molecule has 0 radical (unpaired) electrons. The van der Waals surface area contributed by atoms with Gasteiger partial charge in [0.2, 0.25) is 0 Å². The Morgan fingerprint density at radius 3 is 2.42 bits per heavy atom. The zero-order valence-corrected chi connectivity index (χ0v) is 9.52. The molecule has 2 nitrogen and oxygen atoms in total. The lowest BCUT2D eigenvalue weighted by Crippen LogP contribution is -2.22. The van der Waals surface area contributed by atoms with Crippen molar-refractivity contribution >= 4 is 24.1 Å². The topological polar surface area (TPSA) is 17.8 Å². The van der Waals surface area contributed by atoms with E-state index in [9.17, 15) is 0 Å². The highest BCUT2D eigenvalue weighted by molar-refractivity contribution is 7.90. The van der Waals surface area contributed by atoms with Crippen molar-refractivity contribution in [1.82, 2.24) is 9.55 Å². The van der Waals surface area contributed by atoms with Gasteiger partial charge in [-0.25, -0.2) is 4.98 Å². The van der Waals surface area contributed by atoms with Crippen LogP contribution in [0.25, 0.3) is 0 Å². The lowest BCUT2D eigenvalue weighted by Gasteiger charge is -2.24. The van der Waals surface area contributed by atoms with Crippen LogP contribution in [0.2, 0.25) is 0 Å². The van der Waals surface area contributed by atoms with Crippen LogP contribution in [-0.4, -0.2) is 14.7 Å². The summed E-state index contributed by atoms with van der Waals surface area (Å²) in [6, 6.07) is 0. The summed E-state index contributed by atoms with van der Waals surface area (Å²) in [5.74, 6) is 0. The fraction of sp³-hybridized carbons (Fsp3) is 0.625. The van der Waals surface area contributed by atoms with Crippen LogP contribution in [0.1, 0.15) is 20.8 Å². The molecule has 0 aliphatic heterocycles. The number of hydrogen-bond donors (Lipinski definition) is 0. The Labute approximate surface area is 79.5 Å². The average Bonchev–Trinajstić information content (AvgIpc) is 2.31. The predicted octanol–water partition coefficient (Wildman–Crippen LogP) is 2.48. The molecule has 1 heterocycles. The predicted molar refractivity (Wildman–Crippen MR) is 55.4 cm³/mol. The summed E-state index contributed by atoms with van der Waals surface area (Å²) in [5.41, 5.74) is 0.999. The maximum Gasteiger partial charge on any atom is 0.147 e. The minimum absolute atomic E-state index is 0.121. The maximum atomic E-state index is 6.31. The monoisotopic (exact) mass is 204 g/mol. The molecule has 0 aromatic carbocycles. The zero-order chi connectivity index (χ0) is 9.35. The van der Waals surface area contributed by atoms with Gasteiger partial charge in [-0.05, 0) is 0 Å². The molecule has 0 aliphatic carbocycles. The Hall–Kier alpha value is -0.0700. The Bertz CT molecular complexity index is 264. The van der Waals surface area contributed by atoms with Crippen molar-refractivity contribution in [2.24, 2.45) is 7.05 Å². The van der Waals surface area contributed by atoms with E-state index in [1.807, 2.05) is 17.8 Å². The van der Waals surface area contributed by atoms with Crippen LogP contribution in [0.4, 0.5) is 0 Å². The lowest BCUT2D eigenvalue weighted by atomic mass is 10.3. The number of rotatable bonds is 1. The van der Waals surface area contributed by atoms with E-state index < -0.39 is 7.27 Å². The molecular weight excluding hydrogens is 191 g/mol. The second-order valence-electron chi connectivity index (χ2n) is 3.79. The summed E-state index contributed by atoms with van der Waals surface area (Å²) < 4.78 is 1.99. The molecule has 1 rings (SSSR count). The van der Waals surface area contributed by atoms with Crippen molar-refractivity contribution in [3.05, 3.63) is 12.4 Å². The van der Waals surface area contributed by atoms with Gasteiger partial charge in [0.1, 0.15) is 5.57 Å². The number of nitrogens with zero attached hydrogens (tertiary/aromatic N) is 2. The molecule has 0 amide bonds. The molecule has 4 heteroatoms. The van der Waals surface area contributed by atoms with Gasteiger partial charge in [-0.2, -0.15) is 0 Å². The van der Waals surface area contributed by atoms with Crippen molar-refractivity contribution in [1.29, 1.82) is 0 Å². The summed E-state index contributed by atoms with van der Waals surface area (Å²) in [4.78, 5) is 4.24. The molecule has 0 fully saturated rings. The number of imidazole rings is 1. The van der Waals surface area contributed by atoms with Crippen molar-refractivity contribution in [2.75, 3.05) is 0 Å². The van der Waals surface area contributed by atoms with Gasteiger partial charge in [0.15, 0.2) is 0 Å². The largest absolute Gasteiger partial charge is 0.333 e. The van der Waals surface area contributed by atoms with Gasteiger partial charge in [-0.1, -0.05) is 32.0 Å². The maximum absolute atomic E-state index is 6.31. The van der Waals surface area contributed by atoms with Gasteiger partial charge in [0, 0.05) is 24.6 Å². The van der Waals surface area contributed by atoms with Crippen molar-refractivity contribution < 1.29 is 0 Å². The van der Waals surface area contributed by atoms with Crippen LogP contribution >= 0.6 is 18.5 Å². The fourth-order valence-electron chi connectivity index (χ4n) is 0.847. The molecule has 12 heavy (non-hydrogen) atoms. The second-order valence-corrected chi connectivity index (χ2v) is 7.11. The summed E-state index contributed by atoms with van der Waals surface area (Å²) in [6.45, 7) is 6.42. The van der Waals surface area contributed by atoms with E-state index in [0.29, 0.717) is 0 Å². The molecule has 0 spiro atoms. The first kappa shape index (κ1) is 10.0. The third-order valence-corrected chi connectivity index (χ3v) is 5.50. The molecule has 0 saturated carbocycles. The third kappa shape index (κ3) is 1.99. The minimum Gasteiger partial charge on any atom is -0.333 e. The van der Waals surface area contributed by atoms with E-state index in [-0.39, 0.29) is 5.16 Å². The van der Waals surface area contributed by atoms with Crippen molar-refractivity contribution in [2.45, 2.75) is 25.9 Å². The van der Waals surface area contributed by atoms with Gasteiger partial charge >= 0.3 is 0 Å². The first-order valence-electron chi connectivity index (χ1n) is 3.86. The van der Waals surface area contributed by atoms with E-state index in [1.54, 1.807) is 6.20 Å². The van der Waals surface area contributed by atoms with Crippen LogP contribution in [-0.2, 0) is 7.05 Å². The molecule has 1 atom stereocenters. The molecule has 1 aromatic rings. The Morgan fingerprint density at radius 1 is 1.50 bits per heavy atom. The minimum atomic E-state index is -0.676. The lowest BCUT2D eigenvalue weighted by molar-refractivity contribution is 0.791. The van der Waals surface area contributed by atoms with E-state index in [2.05, 4.69) is 25.8 Å². The molecule has 0 saturated heterocycles. The summed E-state index contributed by atoms with van der Waals surface area (Å²) in [6.07, 6.45) is 3.72. The molecular formula is C8H14ClN2P. The van der Waals surface area contributed by atoms with Gasteiger partial charge in [0.25, 0.3) is 0 Å². The van der Waals surface area contributed by atoms with Crippen LogP contribution < -0.4 is 5.57 Å². The molecule has 68 valence electrons. The molecule has 0 aliphatic rings. The van der Waals surface area contributed by atoms with Gasteiger partial charge < -0.3 is 4.57 Å². The number of aromatic nitrogens is 2. The van der Waals surface area contributed by atoms with E-state index in [4.69, 9.17) is 11.2 Å². The number of aryl methyl sites for hydroxylation is 1. The average molecular weight is 205 g/mol. The highest BCUT2D eigenvalue weighted by Gasteiger charge is 2.26. The van der Waals surface area contributed by atoms with E-state index >= 15 is 0 Å². The van der Waals surface area contributed by atoms with Crippen molar-refractivity contribution in [3.8, 4) is 0 Å². The van der Waals surface area contributed by atoms with Crippen LogP contribution in [0.15, 0.2) is 12.4 Å². The fourth-order valence-corrected chi connectivity index (χ4v) is 2.45. The Kier molecular flexibility index (Phi) is 2.80. The van der Waals surface area contributed by atoms with Crippen LogP contribution in [0.3, 0.4) is 0 Å². The highest BCUT2D eigenvalue weighted by Crippen LogP contribution is 2.51. The van der Waals surface area contributed by atoms with Gasteiger partial charge in [0.05, 0.1) is 7.27 Å². The molecule has 0 bridgehead atoms. The van der Waals surface area contributed by atoms with Gasteiger partial charge in [-0.15, -0.1) is 0 Å². The summed E-state index contributed by atoms with van der Waals surface area (Å²) in [5, 5.41) is 0.121. The Balaban J connectivity index is 2.92. The zero-order valence-electron chi connectivity index (χ0n) is 7.87. The Morgan fingerprint density at radius 2 is 2.08 bits per heavy atom. The summed E-state index contributed by atoms with van der Waals surface area (Å²) >= 11 is 6.31. The molecule has 0 N–H and O–H groups in total. The van der Waals surface area contributed by atoms with Crippen molar-refractivity contribution in [3.63, 3.8) is 0 Å². The number of hydrogen-bond acceptors (Lipinski definition) is 1. The van der Waals surface area contributed by atoms with Crippen LogP contribution in [0, 0.1) is 0 Å². The highest BCUT2D eigenvalue weighted by atomic mass is 35.7. The standard InChI is InChI=1S/C8H14ClN2P/c1-8(2,3)12(9)7-10-5-6-11(7)4/h5-6H,1-4H3. The SMILES string of the molecule is Cn1ccnc1P(Cl)C(C)(C)C. The first-order chi connectivity index (χ1) is 5.43. The first-order valence-corrected chi connectivity index (χ1v) is 6.11.